The van der Waals surface area contributed by atoms with E-state index in [-0.39, 0.29) is 19.1 Å². The maximum Gasteiger partial charge on any atom is 0.268 e. The lowest BCUT2D eigenvalue weighted by Gasteiger charge is -2.30. The number of hydrogen-bond donors (Lipinski definition) is 2. The van der Waals surface area contributed by atoms with Gasteiger partial charge >= 0.3 is 0 Å². The Balaban J connectivity index is 4.22. The van der Waals surface area contributed by atoms with Gasteiger partial charge in [0, 0.05) is 6.42 Å². The second-order valence-electron chi connectivity index (χ2n) is 18.5. The number of aliphatic hydroxyl groups excluding tert-OH is 1. The number of aliphatic hydroxyl groups is 1. The van der Waals surface area contributed by atoms with E-state index in [0.717, 1.165) is 38.5 Å². The maximum absolute atomic E-state index is 12.9. The number of phosphoric acid groups is 1. The predicted octanol–water partition coefficient (Wildman–Crippen LogP) is 13.5. The number of hydrogen-bond acceptors (Lipinski definition) is 6. The third kappa shape index (κ3) is 43.4. The van der Waals surface area contributed by atoms with Crippen LogP contribution in [0.2, 0.25) is 0 Å². The third-order valence-corrected chi connectivity index (χ3v) is 12.6. The minimum atomic E-state index is -4.56. The topological polar surface area (TPSA) is 108 Å². The summed E-state index contributed by atoms with van der Waals surface area (Å²) in [6.07, 6.45) is 45.4. The molecule has 3 atom stereocenters. The van der Waals surface area contributed by atoms with Crippen molar-refractivity contribution in [1.82, 2.24) is 5.32 Å². The second-order valence-corrected chi connectivity index (χ2v) is 19.9. The molecule has 0 aromatic carbocycles. The van der Waals surface area contributed by atoms with Crippen LogP contribution in [0.1, 0.15) is 251 Å². The van der Waals surface area contributed by atoms with Gasteiger partial charge in [-0.2, -0.15) is 0 Å². The lowest BCUT2D eigenvalue weighted by Crippen LogP contribution is -2.46. The first-order valence-electron chi connectivity index (χ1n) is 24.9. The Morgan fingerprint density at radius 1 is 0.544 bits per heavy atom. The average Bonchev–Trinajstić information content (AvgIpc) is 3.16. The summed E-state index contributed by atoms with van der Waals surface area (Å²) in [4.78, 5) is 25.4. The number of unbranched alkanes of at least 4 members (excludes halogenated alkanes) is 33. The van der Waals surface area contributed by atoms with Crippen molar-refractivity contribution in [2.45, 2.75) is 264 Å². The quantitative estimate of drug-likeness (QED) is 0.0359. The first-order valence-corrected chi connectivity index (χ1v) is 26.3. The molecule has 0 radical (unpaired) electrons. The van der Waals surface area contributed by atoms with Crippen LogP contribution >= 0.6 is 7.82 Å². The highest BCUT2D eigenvalue weighted by molar-refractivity contribution is 7.45. The zero-order valence-electron chi connectivity index (χ0n) is 38.8. The summed E-state index contributed by atoms with van der Waals surface area (Å²) in [6.45, 7) is 4.75. The number of phosphoric ester groups is 1. The maximum atomic E-state index is 12.9. The number of carbonyl (C=O) groups excluding carboxylic acids is 1. The highest BCUT2D eigenvalue weighted by atomic mass is 31.2. The molecule has 0 aliphatic rings. The summed E-state index contributed by atoms with van der Waals surface area (Å²) in [7, 11) is 1.32. The van der Waals surface area contributed by atoms with Gasteiger partial charge < -0.3 is 28.8 Å². The van der Waals surface area contributed by atoms with Crippen molar-refractivity contribution in [3.05, 3.63) is 0 Å². The van der Waals surface area contributed by atoms with Crippen LogP contribution in [-0.2, 0) is 18.4 Å². The summed E-state index contributed by atoms with van der Waals surface area (Å²) in [5.74, 6) is -0.160. The number of quaternary nitrogens is 1. The van der Waals surface area contributed by atoms with E-state index in [2.05, 4.69) is 19.2 Å². The van der Waals surface area contributed by atoms with E-state index >= 15 is 0 Å². The molecule has 0 rings (SSSR count). The molecule has 8 nitrogen and oxygen atoms in total. The molecule has 1 amide bonds. The molecule has 0 aromatic heterocycles. The zero-order chi connectivity index (χ0) is 42.1. The van der Waals surface area contributed by atoms with Crippen LogP contribution in [0, 0.1) is 0 Å². The fraction of sp³-hybridized carbons (Fsp3) is 0.979. The smallest absolute Gasteiger partial charge is 0.268 e. The van der Waals surface area contributed by atoms with Gasteiger partial charge in [-0.05, 0) is 12.8 Å². The van der Waals surface area contributed by atoms with Crippen LogP contribution in [0.5, 0.6) is 0 Å². The largest absolute Gasteiger partial charge is 0.756 e. The Hall–Kier alpha value is -0.500. The SMILES string of the molecule is CCCCCCCCCCCCCCCCCCCCCCCC(O)C(COP(=O)([O-])OCC[N+](C)(C)C)NC(=O)CCCCCCCCCCCCCCCC. The van der Waals surface area contributed by atoms with Crippen molar-refractivity contribution < 1.29 is 32.9 Å². The van der Waals surface area contributed by atoms with Crippen molar-refractivity contribution in [1.29, 1.82) is 0 Å². The van der Waals surface area contributed by atoms with Crippen molar-refractivity contribution in [2.24, 2.45) is 0 Å². The van der Waals surface area contributed by atoms with E-state index in [1.165, 1.54) is 186 Å². The number of nitrogens with one attached hydrogen (secondary N) is 1. The number of likely N-dealkylation sites (N-methyl/N-ethyl adjacent to an activating group) is 1. The normalized spacial score (nSPS) is 14.2. The first kappa shape index (κ1) is 56.5. The van der Waals surface area contributed by atoms with E-state index in [9.17, 15) is 19.4 Å². The van der Waals surface area contributed by atoms with Gasteiger partial charge in [-0.1, -0.05) is 232 Å². The molecular formula is C48H99N2O6P. The van der Waals surface area contributed by atoms with Gasteiger partial charge in [-0.25, -0.2) is 0 Å². The van der Waals surface area contributed by atoms with Crippen molar-refractivity contribution in [2.75, 3.05) is 40.9 Å². The van der Waals surface area contributed by atoms with Crippen LogP contribution in [0.25, 0.3) is 0 Å². The van der Waals surface area contributed by atoms with Gasteiger partial charge in [-0.3, -0.25) is 9.36 Å². The van der Waals surface area contributed by atoms with Crippen LogP contribution in [-0.4, -0.2) is 68.5 Å². The summed E-state index contributed by atoms with van der Waals surface area (Å²) >= 11 is 0. The molecule has 0 saturated carbocycles. The van der Waals surface area contributed by atoms with Crippen molar-refractivity contribution >= 4 is 13.7 Å². The number of nitrogens with zero attached hydrogens (tertiary/aromatic N) is 1. The average molecular weight is 831 g/mol. The van der Waals surface area contributed by atoms with E-state index in [1.807, 2.05) is 21.1 Å². The van der Waals surface area contributed by atoms with Gasteiger partial charge in [0.2, 0.25) is 5.91 Å². The molecule has 342 valence electrons. The van der Waals surface area contributed by atoms with E-state index < -0.39 is 20.0 Å². The monoisotopic (exact) mass is 831 g/mol. The fourth-order valence-electron chi connectivity index (χ4n) is 7.63. The fourth-order valence-corrected chi connectivity index (χ4v) is 8.35. The summed E-state index contributed by atoms with van der Waals surface area (Å²) < 4.78 is 23.3. The molecule has 0 fully saturated rings. The summed E-state index contributed by atoms with van der Waals surface area (Å²) in [6, 6.07) is -0.793. The molecule has 0 saturated heterocycles. The van der Waals surface area contributed by atoms with Gasteiger partial charge in [0.1, 0.15) is 13.2 Å². The van der Waals surface area contributed by atoms with E-state index in [1.54, 1.807) is 0 Å². The highest BCUT2D eigenvalue weighted by Crippen LogP contribution is 2.38. The van der Waals surface area contributed by atoms with Crippen molar-refractivity contribution in [3.63, 3.8) is 0 Å². The first-order chi connectivity index (χ1) is 27.5. The molecule has 0 aromatic rings. The molecule has 0 aliphatic carbocycles. The van der Waals surface area contributed by atoms with Crippen LogP contribution in [0.3, 0.4) is 0 Å². The Morgan fingerprint density at radius 3 is 1.19 bits per heavy atom. The number of rotatable bonds is 46. The highest BCUT2D eigenvalue weighted by Gasteiger charge is 2.24. The molecule has 2 N–H and O–H groups in total. The van der Waals surface area contributed by atoms with E-state index in [4.69, 9.17) is 9.05 Å². The lowest BCUT2D eigenvalue weighted by molar-refractivity contribution is -0.870. The third-order valence-electron chi connectivity index (χ3n) is 11.6. The van der Waals surface area contributed by atoms with Crippen LogP contribution in [0.15, 0.2) is 0 Å². The minimum Gasteiger partial charge on any atom is -0.756 e. The lowest BCUT2D eigenvalue weighted by atomic mass is 10.0. The van der Waals surface area contributed by atoms with Gasteiger partial charge in [0.15, 0.2) is 0 Å². The Morgan fingerprint density at radius 2 is 0.860 bits per heavy atom. The second kappa shape index (κ2) is 40.9. The van der Waals surface area contributed by atoms with Gasteiger partial charge in [-0.15, -0.1) is 0 Å². The Labute approximate surface area is 355 Å². The molecule has 57 heavy (non-hydrogen) atoms. The Kier molecular flexibility index (Phi) is 40.5. The predicted molar refractivity (Wildman–Crippen MR) is 243 cm³/mol. The molecule has 0 heterocycles. The molecule has 0 spiro atoms. The molecule has 9 heteroatoms. The zero-order valence-corrected chi connectivity index (χ0v) is 39.7. The van der Waals surface area contributed by atoms with Crippen LogP contribution in [0.4, 0.5) is 0 Å². The molecule has 3 unspecified atom stereocenters. The standard InChI is InChI=1S/C48H99N2O6P/c1-6-8-10-12-14-16-18-20-22-23-24-25-26-27-28-29-31-33-35-37-39-41-47(51)46(45-56-57(53,54)55-44-43-50(3,4)5)49-48(52)42-40-38-36-34-32-30-21-19-17-15-13-11-9-7-2/h46-47,51H,6-45H2,1-5H3,(H-,49,52,53,54). The van der Waals surface area contributed by atoms with Crippen LogP contribution < -0.4 is 10.2 Å². The summed E-state index contributed by atoms with van der Waals surface area (Å²) in [5, 5.41) is 14.0. The van der Waals surface area contributed by atoms with Crippen molar-refractivity contribution in [3.8, 4) is 0 Å². The molecule has 0 bridgehead atoms. The molecule has 0 aliphatic heterocycles. The van der Waals surface area contributed by atoms with Gasteiger partial charge in [0.25, 0.3) is 7.82 Å². The number of carbonyl (C=O) groups is 1. The molecular weight excluding hydrogens is 732 g/mol. The minimum absolute atomic E-state index is 0.0163. The van der Waals surface area contributed by atoms with Gasteiger partial charge in [0.05, 0.1) is 39.9 Å². The number of amides is 1. The van der Waals surface area contributed by atoms with E-state index in [0.29, 0.717) is 23.9 Å². The summed E-state index contributed by atoms with van der Waals surface area (Å²) in [5.41, 5.74) is 0. The Bertz CT molecular complexity index is 901.